The van der Waals surface area contributed by atoms with Gasteiger partial charge in [0.1, 0.15) is 15.7 Å². The number of para-hydroxylation sites is 2. The number of aryl methyl sites for hydroxylation is 2. The molecule has 0 bridgehead atoms. The van der Waals surface area contributed by atoms with E-state index in [2.05, 4.69) is 38.6 Å². The number of fused-ring (bicyclic) bond motifs is 2. The van der Waals surface area contributed by atoms with E-state index in [1.807, 2.05) is 24.3 Å². The number of halogens is 3. The van der Waals surface area contributed by atoms with Gasteiger partial charge < -0.3 is 14.7 Å². The number of nitrogens with zero attached hydrogens (tertiary/aromatic N) is 1. The van der Waals surface area contributed by atoms with Crippen LogP contribution >= 0.6 is 0 Å². The summed E-state index contributed by atoms with van der Waals surface area (Å²) in [5, 5.41) is 11.5. The maximum absolute atomic E-state index is 13.3. The molecule has 1 fully saturated rings. The lowest BCUT2D eigenvalue weighted by Crippen LogP contribution is -2.55. The average molecular weight is 532 g/mol. The molecule has 0 saturated heterocycles. The Morgan fingerprint density at radius 1 is 0.919 bits per heavy atom. The highest BCUT2D eigenvalue weighted by Crippen LogP contribution is 2.41. The van der Waals surface area contributed by atoms with Crippen molar-refractivity contribution in [1.29, 1.82) is 4.78 Å². The van der Waals surface area contributed by atoms with Gasteiger partial charge in [0, 0.05) is 17.4 Å². The number of benzene rings is 3. The van der Waals surface area contributed by atoms with Crippen LogP contribution in [0, 0.1) is 4.78 Å². The predicted molar refractivity (Wildman–Crippen MR) is 135 cm³/mol. The molecule has 2 aliphatic rings. The zero-order valence-electron chi connectivity index (χ0n) is 19.9. The van der Waals surface area contributed by atoms with Crippen LogP contribution in [-0.2, 0) is 22.8 Å². The van der Waals surface area contributed by atoms with E-state index in [9.17, 15) is 22.5 Å². The van der Waals surface area contributed by atoms with Crippen molar-refractivity contribution in [2.75, 3.05) is 4.90 Å². The summed E-state index contributed by atoms with van der Waals surface area (Å²) in [5.74, 6) is -0.456. The first-order valence-corrected chi connectivity index (χ1v) is 13.7. The minimum atomic E-state index is -4.84. The Morgan fingerprint density at radius 3 is 2.05 bits per heavy atom. The number of aliphatic hydroxyl groups is 1. The Bertz CT molecular complexity index is 1320. The average Bonchev–Trinajstić information content (AvgIpc) is 3.02. The molecule has 4 atom stereocenters. The molecule has 3 N–H and O–H groups in total. The van der Waals surface area contributed by atoms with Crippen LogP contribution in [0.4, 0.5) is 24.5 Å². The number of rotatable bonds is 5. The Morgan fingerprint density at radius 2 is 1.49 bits per heavy atom. The van der Waals surface area contributed by atoms with Gasteiger partial charge in [-0.3, -0.25) is 0 Å². The molecule has 0 amide bonds. The second-order valence-corrected chi connectivity index (χ2v) is 11.2. The number of anilines is 2. The summed E-state index contributed by atoms with van der Waals surface area (Å²) < 4.78 is 65.8. The molecule has 0 radical (unpaired) electrons. The van der Waals surface area contributed by atoms with Gasteiger partial charge in [-0.2, -0.15) is 0 Å². The first-order chi connectivity index (χ1) is 17.6. The summed E-state index contributed by atoms with van der Waals surface area (Å²) in [7, 11) is -3.60. The van der Waals surface area contributed by atoms with E-state index in [-0.39, 0.29) is 10.9 Å². The molecule has 1 unspecified atom stereocenters. The maximum Gasteiger partial charge on any atom is 0.573 e. The SMILES string of the molecule is N=S(=O)(N[C@H]1CCC[C@@H](N2c3ccccc3CCc3ccccc32)[C@H]1O)c1ccc(OC(F)(F)F)cc1. The van der Waals surface area contributed by atoms with Crippen molar-refractivity contribution in [3.8, 4) is 5.75 Å². The first kappa shape index (κ1) is 25.6. The summed E-state index contributed by atoms with van der Waals surface area (Å²) in [6, 6.07) is 19.7. The van der Waals surface area contributed by atoms with Gasteiger partial charge in [0.05, 0.1) is 17.0 Å². The molecular formula is C27H28F3N3O3S. The predicted octanol–water partition coefficient (Wildman–Crippen LogP) is 5.71. The van der Waals surface area contributed by atoms with Gasteiger partial charge in [-0.25, -0.2) is 13.7 Å². The van der Waals surface area contributed by atoms with Crippen molar-refractivity contribution < 1.29 is 27.2 Å². The molecule has 6 nitrogen and oxygen atoms in total. The molecule has 1 heterocycles. The van der Waals surface area contributed by atoms with Crippen LogP contribution in [0.15, 0.2) is 77.7 Å². The molecule has 37 heavy (non-hydrogen) atoms. The van der Waals surface area contributed by atoms with Crippen molar-refractivity contribution in [2.45, 2.75) is 61.5 Å². The van der Waals surface area contributed by atoms with Crippen LogP contribution in [0.5, 0.6) is 5.75 Å². The Hall–Kier alpha value is -3.08. The molecule has 196 valence electrons. The topological polar surface area (TPSA) is 85.7 Å². The second kappa shape index (κ2) is 10.00. The van der Waals surface area contributed by atoms with E-state index < -0.39 is 34.2 Å². The van der Waals surface area contributed by atoms with Crippen LogP contribution in [0.25, 0.3) is 0 Å². The molecule has 0 aromatic heterocycles. The van der Waals surface area contributed by atoms with Crippen LogP contribution in [0.2, 0.25) is 0 Å². The Balaban J connectivity index is 1.41. The largest absolute Gasteiger partial charge is 0.573 e. The zero-order chi connectivity index (χ0) is 26.2. The van der Waals surface area contributed by atoms with Crippen molar-refractivity contribution >= 4 is 21.3 Å². The summed E-state index contributed by atoms with van der Waals surface area (Å²) in [6.45, 7) is 0. The fourth-order valence-electron chi connectivity index (χ4n) is 5.35. The quantitative estimate of drug-likeness (QED) is 0.394. The van der Waals surface area contributed by atoms with E-state index in [4.69, 9.17) is 4.78 Å². The molecule has 1 aliphatic heterocycles. The van der Waals surface area contributed by atoms with Gasteiger partial charge in [-0.05, 0) is 79.6 Å². The molecule has 3 aromatic rings. The van der Waals surface area contributed by atoms with E-state index >= 15 is 0 Å². The second-order valence-electron chi connectivity index (χ2n) is 9.42. The number of alkyl halides is 3. The molecule has 3 aromatic carbocycles. The lowest BCUT2D eigenvalue weighted by atomic mass is 9.86. The third kappa shape index (κ3) is 5.46. The molecule has 1 saturated carbocycles. The summed E-state index contributed by atoms with van der Waals surface area (Å²) in [6.07, 6.45) is -2.05. The van der Waals surface area contributed by atoms with Gasteiger partial charge in [-0.15, -0.1) is 13.2 Å². The van der Waals surface area contributed by atoms with Crippen molar-refractivity contribution in [1.82, 2.24) is 4.72 Å². The molecular weight excluding hydrogens is 503 g/mol. The van der Waals surface area contributed by atoms with Crippen molar-refractivity contribution in [2.24, 2.45) is 0 Å². The lowest BCUT2D eigenvalue weighted by molar-refractivity contribution is -0.274. The third-order valence-electron chi connectivity index (χ3n) is 7.03. The smallest absolute Gasteiger partial charge is 0.406 e. The Labute approximate surface area is 214 Å². The molecule has 1 aliphatic carbocycles. The molecule has 10 heteroatoms. The standard InChI is InChI=1S/C27H28F3N3O3S/c28-27(29,30)36-20-14-16-21(17-15-20)37(31,35)32-22-8-5-11-25(26(22)34)33-23-9-3-1-6-18(23)12-13-19-7-2-4-10-24(19)33/h1-4,6-7,9-10,14-17,22,25-26,34H,5,8,11-13H2,(H2,31,32,35)/t22-,25+,26-,37?/m0/s1. The molecule has 0 spiro atoms. The molecule has 5 rings (SSSR count). The van der Waals surface area contributed by atoms with E-state index in [1.165, 1.54) is 23.3 Å². The van der Waals surface area contributed by atoms with Crippen molar-refractivity contribution in [3.63, 3.8) is 0 Å². The highest BCUT2D eigenvalue weighted by atomic mass is 32.2. The van der Waals surface area contributed by atoms with Gasteiger partial charge in [0.2, 0.25) is 0 Å². The van der Waals surface area contributed by atoms with Crippen molar-refractivity contribution in [3.05, 3.63) is 83.9 Å². The number of ether oxygens (including phenoxy) is 1. The highest BCUT2D eigenvalue weighted by molar-refractivity contribution is 7.90. The zero-order valence-corrected chi connectivity index (χ0v) is 20.8. The normalized spacial score (nSPS) is 23.4. The highest BCUT2D eigenvalue weighted by Gasteiger charge is 2.39. The van der Waals surface area contributed by atoms with Gasteiger partial charge >= 0.3 is 6.36 Å². The summed E-state index contributed by atoms with van der Waals surface area (Å²) in [4.78, 5) is 2.20. The van der Waals surface area contributed by atoms with Crippen LogP contribution < -0.4 is 14.4 Å². The number of hydrogen-bond donors (Lipinski definition) is 3. The summed E-state index contributed by atoms with van der Waals surface area (Å²) >= 11 is 0. The number of aliphatic hydroxyl groups excluding tert-OH is 1. The lowest BCUT2D eigenvalue weighted by Gasteiger charge is -2.43. The van der Waals surface area contributed by atoms with Gasteiger partial charge in [0.15, 0.2) is 0 Å². The fourth-order valence-corrected chi connectivity index (χ4v) is 6.69. The minimum Gasteiger partial charge on any atom is -0.406 e. The Kier molecular flexibility index (Phi) is 6.91. The van der Waals surface area contributed by atoms with E-state index in [1.54, 1.807) is 0 Å². The number of nitrogens with one attached hydrogen (secondary N) is 2. The monoisotopic (exact) mass is 531 g/mol. The fraction of sp³-hybridized carbons (Fsp3) is 0.333. The third-order valence-corrected chi connectivity index (χ3v) is 8.60. The van der Waals surface area contributed by atoms with Crippen LogP contribution in [-0.4, -0.2) is 33.9 Å². The maximum atomic E-state index is 13.3. The van der Waals surface area contributed by atoms with E-state index in [0.29, 0.717) is 12.8 Å². The van der Waals surface area contributed by atoms with Crippen LogP contribution in [0.1, 0.15) is 30.4 Å². The summed E-state index contributed by atoms with van der Waals surface area (Å²) in [5.41, 5.74) is 4.44. The van der Waals surface area contributed by atoms with E-state index in [0.717, 1.165) is 42.8 Å². The van der Waals surface area contributed by atoms with Gasteiger partial charge in [-0.1, -0.05) is 36.4 Å². The minimum absolute atomic E-state index is 0.0156. The van der Waals surface area contributed by atoms with Gasteiger partial charge in [0.25, 0.3) is 0 Å². The first-order valence-electron chi connectivity index (χ1n) is 12.2. The van der Waals surface area contributed by atoms with Crippen LogP contribution in [0.3, 0.4) is 0 Å². The number of hydrogen-bond acceptors (Lipinski definition) is 5.